The molecule has 1 aromatic carbocycles. The van der Waals surface area contributed by atoms with E-state index in [9.17, 15) is 4.39 Å². The summed E-state index contributed by atoms with van der Waals surface area (Å²) in [4.78, 5) is 0. The predicted molar refractivity (Wildman–Crippen MR) is 59.3 cm³/mol. The third-order valence-corrected chi connectivity index (χ3v) is 2.95. The van der Waals surface area contributed by atoms with Gasteiger partial charge < -0.3 is 4.74 Å². The Bertz CT molecular complexity index is 278. The van der Waals surface area contributed by atoms with Crippen LogP contribution in [0.5, 0.6) is 0 Å². The number of ether oxygens (including phenoxy) is 1. The molecule has 0 aliphatic heterocycles. The Morgan fingerprint density at radius 2 is 2.29 bits per heavy atom. The Morgan fingerprint density at radius 3 is 2.86 bits per heavy atom. The molecule has 0 heterocycles. The monoisotopic (exact) mass is 260 g/mol. The van der Waals surface area contributed by atoms with Gasteiger partial charge in [0.2, 0.25) is 0 Å². The van der Waals surface area contributed by atoms with Gasteiger partial charge in [-0.05, 0) is 30.0 Å². The zero-order valence-corrected chi connectivity index (χ0v) is 9.76. The largest absolute Gasteiger partial charge is 0.384 e. The van der Waals surface area contributed by atoms with E-state index in [2.05, 4.69) is 15.9 Å². The number of halogens is 2. The van der Waals surface area contributed by atoms with Crippen LogP contribution in [0.2, 0.25) is 0 Å². The van der Waals surface area contributed by atoms with Gasteiger partial charge in [-0.15, -0.1) is 0 Å². The number of hydrogen-bond acceptors (Lipinski definition) is 1. The molecule has 3 heteroatoms. The highest BCUT2D eigenvalue weighted by Crippen LogP contribution is 2.12. The van der Waals surface area contributed by atoms with Gasteiger partial charge in [0, 0.05) is 12.4 Å². The highest BCUT2D eigenvalue weighted by atomic mass is 79.9. The predicted octanol–water partition coefficient (Wildman–Crippen LogP) is 3.03. The lowest BCUT2D eigenvalue weighted by Crippen LogP contribution is -2.12. The van der Waals surface area contributed by atoms with Gasteiger partial charge >= 0.3 is 0 Å². The Hall–Kier alpha value is -0.410. The van der Waals surface area contributed by atoms with E-state index >= 15 is 0 Å². The van der Waals surface area contributed by atoms with Crippen LogP contribution in [0.3, 0.4) is 0 Å². The van der Waals surface area contributed by atoms with Crippen LogP contribution < -0.4 is 0 Å². The fraction of sp³-hybridized carbons (Fsp3) is 0.455. The number of alkyl halides is 1. The lowest BCUT2D eigenvalue weighted by molar-refractivity contribution is 0.162. The highest BCUT2D eigenvalue weighted by Gasteiger charge is 2.08. The van der Waals surface area contributed by atoms with Crippen LogP contribution in [0, 0.1) is 11.7 Å². The summed E-state index contributed by atoms with van der Waals surface area (Å²) in [5, 5.41) is 0.872. The van der Waals surface area contributed by atoms with Gasteiger partial charge in [-0.3, -0.25) is 0 Å². The van der Waals surface area contributed by atoms with Crippen molar-refractivity contribution in [2.24, 2.45) is 5.92 Å². The van der Waals surface area contributed by atoms with E-state index in [1.807, 2.05) is 6.07 Å². The molecule has 0 spiro atoms. The zero-order chi connectivity index (χ0) is 10.4. The standard InChI is InChI=1S/C11H14BrFO/c1-14-8-10(7-12)5-9-3-2-4-11(13)6-9/h2-4,6,10H,5,7-8H2,1H3. The van der Waals surface area contributed by atoms with E-state index < -0.39 is 0 Å². The average Bonchev–Trinajstić information content (AvgIpc) is 2.17. The van der Waals surface area contributed by atoms with Crippen molar-refractivity contribution in [3.8, 4) is 0 Å². The van der Waals surface area contributed by atoms with Crippen LogP contribution in [0.4, 0.5) is 4.39 Å². The summed E-state index contributed by atoms with van der Waals surface area (Å²) in [6, 6.07) is 6.71. The SMILES string of the molecule is COCC(CBr)Cc1cccc(F)c1. The normalized spacial score (nSPS) is 12.8. The van der Waals surface area contributed by atoms with Gasteiger partial charge in [0.15, 0.2) is 0 Å². The molecule has 0 radical (unpaired) electrons. The molecule has 1 atom stereocenters. The quantitative estimate of drug-likeness (QED) is 0.740. The van der Waals surface area contributed by atoms with E-state index in [1.165, 1.54) is 6.07 Å². The van der Waals surface area contributed by atoms with Crippen molar-refractivity contribution in [3.05, 3.63) is 35.6 Å². The Labute approximate surface area is 92.4 Å². The van der Waals surface area contributed by atoms with Crippen LogP contribution in [0.15, 0.2) is 24.3 Å². The van der Waals surface area contributed by atoms with E-state index in [-0.39, 0.29) is 5.82 Å². The minimum Gasteiger partial charge on any atom is -0.384 e. The third kappa shape index (κ3) is 3.76. The molecule has 0 bridgehead atoms. The van der Waals surface area contributed by atoms with Crippen LogP contribution in [0.1, 0.15) is 5.56 Å². The van der Waals surface area contributed by atoms with Crippen molar-refractivity contribution in [1.82, 2.24) is 0 Å². The maximum atomic E-state index is 12.9. The van der Waals surface area contributed by atoms with Gasteiger partial charge in [0.05, 0.1) is 6.61 Å². The summed E-state index contributed by atoms with van der Waals surface area (Å²) in [6.45, 7) is 0.696. The van der Waals surface area contributed by atoms with E-state index in [0.717, 1.165) is 17.3 Å². The summed E-state index contributed by atoms with van der Waals surface area (Å²) >= 11 is 3.42. The molecular formula is C11H14BrFO. The van der Waals surface area contributed by atoms with Gasteiger partial charge in [0.1, 0.15) is 5.82 Å². The minimum atomic E-state index is -0.173. The lowest BCUT2D eigenvalue weighted by atomic mass is 10.0. The topological polar surface area (TPSA) is 9.23 Å². The first-order chi connectivity index (χ1) is 6.76. The molecule has 0 saturated heterocycles. The molecule has 0 amide bonds. The molecule has 1 unspecified atom stereocenters. The second kappa shape index (κ2) is 6.14. The fourth-order valence-corrected chi connectivity index (χ4v) is 1.81. The average molecular weight is 261 g/mol. The van der Waals surface area contributed by atoms with E-state index in [1.54, 1.807) is 19.2 Å². The molecule has 14 heavy (non-hydrogen) atoms. The molecule has 0 aliphatic rings. The van der Waals surface area contributed by atoms with E-state index in [0.29, 0.717) is 12.5 Å². The van der Waals surface area contributed by atoms with Gasteiger partial charge in [0.25, 0.3) is 0 Å². The Morgan fingerprint density at radius 1 is 1.50 bits per heavy atom. The first-order valence-corrected chi connectivity index (χ1v) is 5.67. The highest BCUT2D eigenvalue weighted by molar-refractivity contribution is 9.09. The van der Waals surface area contributed by atoms with Crippen molar-refractivity contribution in [3.63, 3.8) is 0 Å². The third-order valence-electron chi connectivity index (χ3n) is 2.03. The number of rotatable bonds is 5. The molecule has 78 valence electrons. The first-order valence-electron chi connectivity index (χ1n) is 4.55. The molecule has 1 rings (SSSR count). The van der Waals surface area contributed by atoms with Gasteiger partial charge in [-0.2, -0.15) is 0 Å². The Kier molecular flexibility index (Phi) is 5.12. The smallest absolute Gasteiger partial charge is 0.123 e. The van der Waals surface area contributed by atoms with Crippen LogP contribution in [0.25, 0.3) is 0 Å². The maximum absolute atomic E-state index is 12.9. The van der Waals surface area contributed by atoms with Crippen LogP contribution in [-0.2, 0) is 11.2 Å². The molecule has 0 saturated carbocycles. The van der Waals surface area contributed by atoms with Crippen molar-refractivity contribution in [1.29, 1.82) is 0 Å². The second-order valence-corrected chi connectivity index (χ2v) is 3.96. The molecule has 0 aliphatic carbocycles. The molecule has 0 fully saturated rings. The maximum Gasteiger partial charge on any atom is 0.123 e. The summed E-state index contributed by atoms with van der Waals surface area (Å²) in [7, 11) is 1.68. The molecular weight excluding hydrogens is 247 g/mol. The van der Waals surface area contributed by atoms with Gasteiger partial charge in [-0.1, -0.05) is 28.1 Å². The van der Waals surface area contributed by atoms with Crippen LogP contribution in [-0.4, -0.2) is 19.0 Å². The van der Waals surface area contributed by atoms with Crippen molar-refractivity contribution >= 4 is 15.9 Å². The van der Waals surface area contributed by atoms with E-state index in [4.69, 9.17) is 4.74 Å². The first kappa shape index (κ1) is 11.7. The number of methoxy groups -OCH3 is 1. The van der Waals surface area contributed by atoms with Crippen molar-refractivity contribution < 1.29 is 9.13 Å². The fourth-order valence-electron chi connectivity index (χ4n) is 1.39. The Balaban J connectivity index is 2.57. The number of benzene rings is 1. The van der Waals surface area contributed by atoms with Crippen LogP contribution >= 0.6 is 15.9 Å². The molecule has 1 nitrogen and oxygen atoms in total. The molecule has 0 aromatic heterocycles. The second-order valence-electron chi connectivity index (χ2n) is 3.31. The van der Waals surface area contributed by atoms with Gasteiger partial charge in [-0.25, -0.2) is 4.39 Å². The minimum absolute atomic E-state index is 0.173. The number of hydrogen-bond donors (Lipinski definition) is 0. The lowest BCUT2D eigenvalue weighted by Gasteiger charge is -2.12. The summed E-state index contributed by atoms with van der Waals surface area (Å²) in [5.41, 5.74) is 1.02. The van der Waals surface area contributed by atoms with Crippen molar-refractivity contribution in [2.45, 2.75) is 6.42 Å². The molecule has 0 N–H and O–H groups in total. The summed E-state index contributed by atoms with van der Waals surface area (Å²) < 4.78 is 17.9. The molecule has 1 aromatic rings. The van der Waals surface area contributed by atoms with Crippen molar-refractivity contribution in [2.75, 3.05) is 19.0 Å². The summed E-state index contributed by atoms with van der Waals surface area (Å²) in [6.07, 6.45) is 0.844. The zero-order valence-electron chi connectivity index (χ0n) is 8.17. The summed E-state index contributed by atoms with van der Waals surface area (Å²) in [5.74, 6) is 0.232.